The van der Waals surface area contributed by atoms with Crippen molar-refractivity contribution >= 4 is 0 Å². The molecule has 3 aliphatic carbocycles. The van der Waals surface area contributed by atoms with Crippen LogP contribution in [0.2, 0.25) is 0 Å². The van der Waals surface area contributed by atoms with Crippen LogP contribution < -0.4 is 0 Å². The molecule has 4 atom stereocenters. The second-order valence-electron chi connectivity index (χ2n) is 9.00. The molecule has 0 aromatic heterocycles. The van der Waals surface area contributed by atoms with Crippen molar-refractivity contribution in [2.75, 3.05) is 0 Å². The van der Waals surface area contributed by atoms with Gasteiger partial charge in [0.25, 0.3) is 0 Å². The molecule has 0 radical (unpaired) electrons. The highest BCUT2D eigenvalue weighted by atomic mass is 19.2. The van der Waals surface area contributed by atoms with Crippen molar-refractivity contribution in [3.63, 3.8) is 0 Å². The van der Waals surface area contributed by atoms with Crippen LogP contribution in [0.25, 0.3) is 0 Å². The Balaban J connectivity index is 0.00000208. The lowest BCUT2D eigenvalue weighted by molar-refractivity contribution is -0.0364. The lowest BCUT2D eigenvalue weighted by atomic mass is 9.63. The number of hydrogen-bond acceptors (Lipinski definition) is 0. The van der Waals surface area contributed by atoms with Crippen molar-refractivity contribution < 1.29 is 25.2 Å². The molecule has 3 saturated carbocycles. The second-order valence-corrected chi connectivity index (χ2v) is 9.00. The molecule has 3 fully saturated rings. The number of rotatable bonds is 3. The molecular weight excluding hydrogens is 338 g/mol. The fraction of sp³-hybridized carbons (Fsp3) is 1.00. The van der Waals surface area contributed by atoms with Gasteiger partial charge in [-0.25, -0.2) is 8.78 Å². The Bertz CT molecular complexity index is 366. The van der Waals surface area contributed by atoms with Gasteiger partial charge in [0.1, 0.15) is 12.3 Å². The van der Waals surface area contributed by atoms with E-state index in [1.165, 1.54) is 32.1 Å². The van der Waals surface area contributed by atoms with Crippen LogP contribution in [0, 0.1) is 35.5 Å². The Morgan fingerprint density at radius 1 is 0.615 bits per heavy atom. The number of halogens is 2. The van der Waals surface area contributed by atoms with E-state index < -0.39 is 12.3 Å². The van der Waals surface area contributed by atoms with E-state index >= 15 is 0 Å². The smallest absolute Gasteiger partial charge is 0.134 e. The highest BCUT2D eigenvalue weighted by molar-refractivity contribution is 4.95. The van der Waals surface area contributed by atoms with Crippen LogP contribution in [0.4, 0.5) is 8.78 Å². The largest absolute Gasteiger partial charge is 0.412 e. The first-order chi connectivity index (χ1) is 11.1. The SMILES string of the molecule is CCC1CCC(C2CCC(C3CCC(C)CC3)C(F)C2F)CC1.O.O.O. The Kier molecular flexibility index (Phi) is 11.4. The fourth-order valence-corrected chi connectivity index (χ4v) is 5.91. The zero-order valence-electron chi connectivity index (χ0n) is 16.7. The van der Waals surface area contributed by atoms with Crippen LogP contribution in [0.5, 0.6) is 0 Å². The van der Waals surface area contributed by atoms with Gasteiger partial charge in [-0.15, -0.1) is 0 Å². The highest BCUT2D eigenvalue weighted by Gasteiger charge is 2.46. The molecule has 0 heterocycles. The summed E-state index contributed by atoms with van der Waals surface area (Å²) >= 11 is 0. The van der Waals surface area contributed by atoms with E-state index in [-0.39, 0.29) is 28.3 Å². The third kappa shape index (κ3) is 5.62. The maximum atomic E-state index is 14.9. The normalized spacial score (nSPS) is 43.4. The predicted molar refractivity (Wildman–Crippen MR) is 104 cm³/mol. The summed E-state index contributed by atoms with van der Waals surface area (Å²) in [6, 6.07) is 0. The first-order valence-electron chi connectivity index (χ1n) is 10.4. The fourth-order valence-electron chi connectivity index (χ4n) is 5.91. The van der Waals surface area contributed by atoms with Crippen LogP contribution in [0.15, 0.2) is 0 Å². The van der Waals surface area contributed by atoms with Crippen LogP contribution in [0.3, 0.4) is 0 Å². The van der Waals surface area contributed by atoms with Gasteiger partial charge in [0.05, 0.1) is 0 Å². The van der Waals surface area contributed by atoms with Gasteiger partial charge in [-0.05, 0) is 74.0 Å². The summed E-state index contributed by atoms with van der Waals surface area (Å²) in [6.07, 6.45) is 10.2. The Labute approximate surface area is 158 Å². The van der Waals surface area contributed by atoms with Crippen LogP contribution >= 0.6 is 0 Å². The van der Waals surface area contributed by atoms with Gasteiger partial charge in [-0.1, -0.05) is 46.0 Å². The Morgan fingerprint density at radius 3 is 1.38 bits per heavy atom. The average molecular weight is 381 g/mol. The van der Waals surface area contributed by atoms with Crippen LogP contribution in [0.1, 0.15) is 84.5 Å². The molecular formula is C21H42F2O3. The first kappa shape index (κ1) is 25.7. The molecule has 3 aliphatic rings. The van der Waals surface area contributed by atoms with Crippen molar-refractivity contribution in [2.24, 2.45) is 35.5 Å². The van der Waals surface area contributed by atoms with Gasteiger partial charge in [0.15, 0.2) is 0 Å². The van der Waals surface area contributed by atoms with E-state index in [2.05, 4.69) is 13.8 Å². The number of alkyl halides is 2. The molecule has 0 bridgehead atoms. The van der Waals surface area contributed by atoms with E-state index in [0.717, 1.165) is 50.4 Å². The quantitative estimate of drug-likeness (QED) is 0.699. The van der Waals surface area contributed by atoms with Gasteiger partial charge >= 0.3 is 0 Å². The molecule has 5 heteroatoms. The topological polar surface area (TPSA) is 94.5 Å². The summed E-state index contributed by atoms with van der Waals surface area (Å²) in [5.74, 6) is 2.57. The maximum absolute atomic E-state index is 14.9. The van der Waals surface area contributed by atoms with Gasteiger partial charge < -0.3 is 16.4 Å². The van der Waals surface area contributed by atoms with E-state index in [1.807, 2.05) is 0 Å². The molecule has 0 saturated heterocycles. The third-order valence-corrected chi connectivity index (χ3v) is 7.70. The zero-order valence-corrected chi connectivity index (χ0v) is 16.7. The number of hydrogen-bond donors (Lipinski definition) is 0. The molecule has 0 aromatic carbocycles. The Morgan fingerprint density at radius 2 is 1.00 bits per heavy atom. The lowest BCUT2D eigenvalue weighted by Crippen LogP contribution is -2.45. The third-order valence-electron chi connectivity index (χ3n) is 7.70. The van der Waals surface area contributed by atoms with Gasteiger partial charge in [0.2, 0.25) is 0 Å². The monoisotopic (exact) mass is 380 g/mol. The predicted octanol–water partition coefficient (Wildman–Crippen LogP) is 4.26. The molecule has 26 heavy (non-hydrogen) atoms. The maximum Gasteiger partial charge on any atom is 0.134 e. The van der Waals surface area contributed by atoms with Crippen molar-refractivity contribution in [3.8, 4) is 0 Å². The highest BCUT2D eigenvalue weighted by Crippen LogP contribution is 2.48. The van der Waals surface area contributed by atoms with Crippen molar-refractivity contribution in [1.29, 1.82) is 0 Å². The van der Waals surface area contributed by atoms with Gasteiger partial charge in [-0.2, -0.15) is 0 Å². The van der Waals surface area contributed by atoms with Gasteiger partial charge in [0, 0.05) is 0 Å². The minimum absolute atomic E-state index is 0. The zero-order chi connectivity index (χ0) is 16.4. The van der Waals surface area contributed by atoms with E-state index in [1.54, 1.807) is 0 Å². The standard InChI is InChI=1S/C21H36F2.3H2O/c1-3-15-6-10-17(11-7-15)19-13-12-18(20(22)21(19)23)16-8-4-14(2)5-9-16;;;/h14-21H,3-13H2,1-2H3;3*1H2. The second kappa shape index (κ2) is 11.6. The summed E-state index contributed by atoms with van der Waals surface area (Å²) in [5.41, 5.74) is 0. The molecule has 6 N–H and O–H groups in total. The molecule has 0 amide bonds. The van der Waals surface area contributed by atoms with Gasteiger partial charge in [-0.3, -0.25) is 0 Å². The average Bonchev–Trinajstić information content (AvgIpc) is 2.58. The molecule has 0 aliphatic heterocycles. The molecule has 4 unspecified atom stereocenters. The summed E-state index contributed by atoms with van der Waals surface area (Å²) in [4.78, 5) is 0. The molecule has 0 spiro atoms. The molecule has 0 aromatic rings. The van der Waals surface area contributed by atoms with Crippen LogP contribution in [-0.4, -0.2) is 28.8 Å². The van der Waals surface area contributed by atoms with Crippen molar-refractivity contribution in [2.45, 2.75) is 96.8 Å². The molecule has 3 rings (SSSR count). The first-order valence-corrected chi connectivity index (χ1v) is 10.4. The lowest BCUT2D eigenvalue weighted by Gasteiger charge is -2.44. The molecule has 158 valence electrons. The summed E-state index contributed by atoms with van der Waals surface area (Å²) in [7, 11) is 0. The molecule has 3 nitrogen and oxygen atoms in total. The summed E-state index contributed by atoms with van der Waals surface area (Å²) in [5, 5.41) is 0. The van der Waals surface area contributed by atoms with Crippen LogP contribution in [-0.2, 0) is 0 Å². The minimum atomic E-state index is -1.18. The summed E-state index contributed by atoms with van der Waals surface area (Å²) in [6.45, 7) is 4.56. The van der Waals surface area contributed by atoms with E-state index in [0.29, 0.717) is 11.8 Å². The minimum Gasteiger partial charge on any atom is -0.412 e. The van der Waals surface area contributed by atoms with Crippen molar-refractivity contribution in [3.05, 3.63) is 0 Å². The van der Waals surface area contributed by atoms with E-state index in [9.17, 15) is 8.78 Å². The Hall–Kier alpha value is -0.260. The van der Waals surface area contributed by atoms with E-state index in [4.69, 9.17) is 0 Å². The summed E-state index contributed by atoms with van der Waals surface area (Å²) < 4.78 is 29.8. The van der Waals surface area contributed by atoms with Crippen molar-refractivity contribution in [1.82, 2.24) is 0 Å².